The second-order valence-electron chi connectivity index (χ2n) is 4.90. The zero-order chi connectivity index (χ0) is 13.9. The molecule has 2 nitrogen and oxygen atoms in total. The number of aryl methyl sites for hydroxylation is 1. The molecule has 0 amide bonds. The molecule has 0 fully saturated rings. The SMILES string of the molecule is C[n+]1ccc(C=Cc2ccc(N)cc2)c2ccccc21.[Br-]. The summed E-state index contributed by atoms with van der Waals surface area (Å²) in [5, 5.41) is 1.25. The maximum Gasteiger partial charge on any atom is 0.212 e. The van der Waals surface area contributed by atoms with Crippen LogP contribution in [0.25, 0.3) is 23.1 Å². The normalized spacial score (nSPS) is 10.7. The van der Waals surface area contributed by atoms with Gasteiger partial charge in [-0.1, -0.05) is 36.4 Å². The Morgan fingerprint density at radius 3 is 2.38 bits per heavy atom. The van der Waals surface area contributed by atoms with Crippen molar-refractivity contribution in [2.24, 2.45) is 7.05 Å². The molecule has 0 radical (unpaired) electrons. The van der Waals surface area contributed by atoms with E-state index in [1.165, 1.54) is 16.5 Å². The van der Waals surface area contributed by atoms with Gasteiger partial charge in [-0.2, -0.15) is 0 Å². The van der Waals surface area contributed by atoms with E-state index in [9.17, 15) is 0 Å². The molecule has 106 valence electrons. The first-order chi connectivity index (χ1) is 9.74. The fourth-order valence-corrected chi connectivity index (χ4v) is 2.33. The fourth-order valence-electron chi connectivity index (χ4n) is 2.33. The molecule has 0 atom stereocenters. The molecule has 0 bridgehead atoms. The highest BCUT2D eigenvalue weighted by molar-refractivity contribution is 5.88. The Bertz CT molecular complexity index is 777. The number of hydrogen-bond acceptors (Lipinski definition) is 1. The molecule has 0 saturated carbocycles. The molecule has 0 aliphatic carbocycles. The highest BCUT2D eigenvalue weighted by Crippen LogP contribution is 2.18. The number of benzene rings is 2. The van der Waals surface area contributed by atoms with Crippen molar-refractivity contribution in [1.82, 2.24) is 0 Å². The van der Waals surface area contributed by atoms with E-state index < -0.39 is 0 Å². The largest absolute Gasteiger partial charge is 1.00 e. The molecule has 1 aromatic heterocycles. The van der Waals surface area contributed by atoms with Gasteiger partial charge in [0.1, 0.15) is 7.05 Å². The fraction of sp³-hybridized carbons (Fsp3) is 0.0556. The van der Waals surface area contributed by atoms with Crippen molar-refractivity contribution in [3.63, 3.8) is 0 Å². The van der Waals surface area contributed by atoms with Gasteiger partial charge in [0.25, 0.3) is 0 Å². The van der Waals surface area contributed by atoms with E-state index >= 15 is 0 Å². The second kappa shape index (κ2) is 6.55. The third-order valence-electron chi connectivity index (χ3n) is 3.46. The number of nitrogens with two attached hydrogens (primary N) is 1. The van der Waals surface area contributed by atoms with Gasteiger partial charge in [-0.05, 0) is 29.3 Å². The molecule has 3 rings (SSSR count). The summed E-state index contributed by atoms with van der Waals surface area (Å²) in [6.07, 6.45) is 6.35. The lowest BCUT2D eigenvalue weighted by Gasteiger charge is -2.01. The molecule has 3 heteroatoms. The molecule has 0 aliphatic heterocycles. The van der Waals surface area contributed by atoms with Gasteiger partial charge in [0, 0.05) is 17.8 Å². The van der Waals surface area contributed by atoms with Crippen molar-refractivity contribution in [1.29, 1.82) is 0 Å². The van der Waals surface area contributed by atoms with E-state index in [-0.39, 0.29) is 17.0 Å². The van der Waals surface area contributed by atoms with E-state index in [4.69, 9.17) is 5.73 Å². The van der Waals surface area contributed by atoms with Crippen molar-refractivity contribution in [2.45, 2.75) is 0 Å². The molecule has 0 spiro atoms. The summed E-state index contributed by atoms with van der Waals surface area (Å²) in [7, 11) is 2.07. The molecule has 2 N–H and O–H groups in total. The summed E-state index contributed by atoms with van der Waals surface area (Å²) in [4.78, 5) is 0. The van der Waals surface area contributed by atoms with Gasteiger partial charge in [0.15, 0.2) is 6.20 Å². The molecule has 1 heterocycles. The number of halogens is 1. The Balaban J connectivity index is 0.00000161. The number of anilines is 1. The van der Waals surface area contributed by atoms with Crippen LogP contribution >= 0.6 is 0 Å². The summed E-state index contributed by atoms with van der Waals surface area (Å²) in [5.74, 6) is 0. The van der Waals surface area contributed by atoms with Crippen molar-refractivity contribution in [3.8, 4) is 0 Å². The number of fused-ring (bicyclic) bond motifs is 1. The van der Waals surface area contributed by atoms with E-state index in [0.29, 0.717) is 0 Å². The topological polar surface area (TPSA) is 29.9 Å². The number of nitrogen functional groups attached to an aromatic ring is 1. The molecular weight excluding hydrogens is 324 g/mol. The first kappa shape index (κ1) is 15.3. The summed E-state index contributed by atoms with van der Waals surface area (Å²) >= 11 is 0. The molecule has 0 unspecified atom stereocenters. The minimum atomic E-state index is 0. The Kier molecular flexibility index (Phi) is 4.76. The minimum absolute atomic E-state index is 0. The minimum Gasteiger partial charge on any atom is -1.00 e. The molecule has 2 aromatic carbocycles. The Morgan fingerprint density at radius 1 is 0.905 bits per heavy atom. The highest BCUT2D eigenvalue weighted by atomic mass is 79.9. The lowest BCUT2D eigenvalue weighted by molar-refractivity contribution is -0.644. The Hall–Kier alpha value is -2.13. The van der Waals surface area contributed by atoms with Gasteiger partial charge in [-0.25, -0.2) is 4.57 Å². The first-order valence-electron chi connectivity index (χ1n) is 6.65. The summed E-state index contributed by atoms with van der Waals surface area (Å²) in [5.41, 5.74) is 10.1. The van der Waals surface area contributed by atoms with Crippen LogP contribution in [0.3, 0.4) is 0 Å². The number of pyridine rings is 1. The van der Waals surface area contributed by atoms with E-state index in [0.717, 1.165) is 11.3 Å². The van der Waals surface area contributed by atoms with Gasteiger partial charge < -0.3 is 22.7 Å². The standard InChI is InChI=1S/C18H16N2.BrH/c1-20-13-12-15(17-4-2-3-5-18(17)20)9-6-14-7-10-16(19)11-8-14;/h2-13,19H,1H3;1H. The lowest BCUT2D eigenvalue weighted by atomic mass is 10.1. The number of aromatic nitrogens is 1. The van der Waals surface area contributed by atoms with Crippen molar-refractivity contribution >= 4 is 28.7 Å². The molecule has 21 heavy (non-hydrogen) atoms. The Morgan fingerprint density at radius 2 is 1.62 bits per heavy atom. The number of rotatable bonds is 2. The summed E-state index contributed by atoms with van der Waals surface area (Å²) in [6, 6.07) is 18.4. The predicted molar refractivity (Wildman–Crippen MR) is 84.9 cm³/mol. The third kappa shape index (κ3) is 3.31. The summed E-state index contributed by atoms with van der Waals surface area (Å²) < 4.78 is 2.13. The van der Waals surface area contributed by atoms with Crippen molar-refractivity contribution in [3.05, 3.63) is 71.9 Å². The van der Waals surface area contributed by atoms with Gasteiger partial charge in [0.05, 0.1) is 5.39 Å². The van der Waals surface area contributed by atoms with Crippen LogP contribution in [-0.2, 0) is 7.05 Å². The van der Waals surface area contributed by atoms with Crippen LogP contribution < -0.4 is 27.3 Å². The maximum absolute atomic E-state index is 5.70. The van der Waals surface area contributed by atoms with Crippen molar-refractivity contribution in [2.75, 3.05) is 5.73 Å². The quantitative estimate of drug-likeness (QED) is 0.532. The molecule has 3 aromatic rings. The lowest BCUT2D eigenvalue weighted by Crippen LogP contribution is -3.00. The van der Waals surface area contributed by atoms with Crippen LogP contribution in [0.5, 0.6) is 0 Å². The van der Waals surface area contributed by atoms with Gasteiger partial charge in [-0.15, -0.1) is 0 Å². The highest BCUT2D eigenvalue weighted by Gasteiger charge is 2.06. The molecular formula is C18H17BrN2. The van der Waals surface area contributed by atoms with Crippen LogP contribution in [0.15, 0.2) is 60.8 Å². The average Bonchev–Trinajstić information content (AvgIpc) is 2.49. The monoisotopic (exact) mass is 340 g/mol. The maximum atomic E-state index is 5.70. The molecule has 0 aliphatic rings. The first-order valence-corrected chi connectivity index (χ1v) is 6.65. The number of nitrogens with zero attached hydrogens (tertiary/aromatic N) is 1. The van der Waals surface area contributed by atoms with Gasteiger partial charge >= 0.3 is 0 Å². The van der Waals surface area contributed by atoms with Crippen LogP contribution in [-0.4, -0.2) is 0 Å². The number of hydrogen-bond donors (Lipinski definition) is 1. The summed E-state index contributed by atoms with van der Waals surface area (Å²) in [6.45, 7) is 0. The Labute approximate surface area is 135 Å². The van der Waals surface area contributed by atoms with Crippen LogP contribution in [0.2, 0.25) is 0 Å². The second-order valence-corrected chi connectivity index (χ2v) is 4.90. The van der Waals surface area contributed by atoms with Gasteiger partial charge in [0.2, 0.25) is 5.52 Å². The predicted octanol–water partition coefficient (Wildman–Crippen LogP) is 0.421. The van der Waals surface area contributed by atoms with E-state index in [1.54, 1.807) is 0 Å². The van der Waals surface area contributed by atoms with Crippen LogP contribution in [0.1, 0.15) is 11.1 Å². The van der Waals surface area contributed by atoms with E-state index in [1.807, 2.05) is 24.3 Å². The average molecular weight is 341 g/mol. The zero-order valence-corrected chi connectivity index (χ0v) is 13.4. The van der Waals surface area contributed by atoms with Crippen molar-refractivity contribution < 1.29 is 21.5 Å². The zero-order valence-electron chi connectivity index (χ0n) is 11.8. The van der Waals surface area contributed by atoms with Crippen LogP contribution in [0, 0.1) is 0 Å². The number of para-hydroxylation sites is 1. The van der Waals surface area contributed by atoms with E-state index in [2.05, 4.69) is 60.3 Å². The van der Waals surface area contributed by atoms with Gasteiger partial charge in [-0.3, -0.25) is 0 Å². The third-order valence-corrected chi connectivity index (χ3v) is 3.46. The van der Waals surface area contributed by atoms with Crippen LogP contribution in [0.4, 0.5) is 5.69 Å². The smallest absolute Gasteiger partial charge is 0.212 e. The molecule has 0 saturated heterocycles.